The molecule has 19 heavy (non-hydrogen) atoms. The van der Waals surface area contributed by atoms with Gasteiger partial charge in [-0.3, -0.25) is 4.79 Å². The molecule has 1 aromatic rings. The molecular formula is C14H19NO4. The minimum atomic E-state index is -1.04. The van der Waals surface area contributed by atoms with E-state index < -0.39 is 24.0 Å². The number of ether oxygens (including phenoxy) is 1. The van der Waals surface area contributed by atoms with Crippen LogP contribution in [0.4, 0.5) is 0 Å². The van der Waals surface area contributed by atoms with Gasteiger partial charge in [-0.1, -0.05) is 37.3 Å². The summed E-state index contributed by atoms with van der Waals surface area (Å²) in [4.78, 5) is 22.6. The number of benzene rings is 1. The first-order chi connectivity index (χ1) is 9.04. The Morgan fingerprint density at radius 1 is 1.32 bits per heavy atom. The Bertz CT molecular complexity index is 419. The number of carbonyl (C=O) groups is 2. The first-order valence-corrected chi connectivity index (χ1v) is 6.23. The molecule has 1 aromatic carbocycles. The van der Waals surface area contributed by atoms with Gasteiger partial charge in [0.15, 0.2) is 0 Å². The summed E-state index contributed by atoms with van der Waals surface area (Å²) in [5.74, 6) is -1.45. The minimum absolute atomic E-state index is 0.319. The van der Waals surface area contributed by atoms with Crippen molar-refractivity contribution in [2.45, 2.75) is 39.0 Å². The number of carboxylic acids is 1. The maximum atomic E-state index is 11.7. The van der Waals surface area contributed by atoms with E-state index in [-0.39, 0.29) is 0 Å². The lowest BCUT2D eigenvalue weighted by Crippen LogP contribution is -2.45. The smallest absolute Gasteiger partial charge is 0.326 e. The molecule has 0 aliphatic carbocycles. The summed E-state index contributed by atoms with van der Waals surface area (Å²) < 4.78 is 5.41. The predicted octanol–water partition coefficient (Wildman–Crippen LogP) is 1.57. The topological polar surface area (TPSA) is 75.6 Å². The van der Waals surface area contributed by atoms with Crippen molar-refractivity contribution < 1.29 is 19.4 Å². The van der Waals surface area contributed by atoms with Crippen molar-refractivity contribution in [3.8, 4) is 0 Å². The number of rotatable bonds is 7. The monoisotopic (exact) mass is 265 g/mol. The molecule has 2 N–H and O–H groups in total. The Labute approximate surface area is 112 Å². The summed E-state index contributed by atoms with van der Waals surface area (Å²) in [6.45, 7) is 3.63. The van der Waals surface area contributed by atoms with Gasteiger partial charge in [0.05, 0.1) is 6.61 Å². The van der Waals surface area contributed by atoms with Gasteiger partial charge in [0.1, 0.15) is 12.1 Å². The Balaban J connectivity index is 2.42. The van der Waals surface area contributed by atoms with Crippen LogP contribution in [0.25, 0.3) is 0 Å². The second kappa shape index (κ2) is 7.53. The van der Waals surface area contributed by atoms with Gasteiger partial charge in [-0.05, 0) is 18.9 Å². The molecule has 104 valence electrons. The summed E-state index contributed by atoms with van der Waals surface area (Å²) in [6, 6.07) is 8.61. The van der Waals surface area contributed by atoms with Crippen molar-refractivity contribution in [2.75, 3.05) is 0 Å². The number of carbonyl (C=O) groups excluding carboxylic acids is 1. The molecule has 5 heteroatoms. The summed E-state index contributed by atoms with van der Waals surface area (Å²) in [7, 11) is 0. The molecule has 5 nitrogen and oxygen atoms in total. The highest BCUT2D eigenvalue weighted by molar-refractivity contribution is 5.85. The number of hydrogen-bond acceptors (Lipinski definition) is 3. The SMILES string of the molecule is CC[C@H](NC(=O)C(C)OCc1ccccc1)C(=O)O. The van der Waals surface area contributed by atoms with Crippen molar-refractivity contribution in [3.05, 3.63) is 35.9 Å². The number of carboxylic acid groups (broad SMARTS) is 1. The van der Waals surface area contributed by atoms with Crippen molar-refractivity contribution in [2.24, 2.45) is 0 Å². The number of aliphatic carboxylic acids is 1. The van der Waals surface area contributed by atoms with Crippen LogP contribution in [-0.4, -0.2) is 29.1 Å². The van der Waals surface area contributed by atoms with Gasteiger partial charge < -0.3 is 15.2 Å². The summed E-state index contributed by atoms with van der Waals surface area (Å²) in [5, 5.41) is 11.3. The van der Waals surface area contributed by atoms with Gasteiger partial charge in [-0.2, -0.15) is 0 Å². The molecule has 0 radical (unpaired) electrons. The molecule has 1 amide bonds. The molecule has 0 bridgehead atoms. The Morgan fingerprint density at radius 2 is 1.95 bits per heavy atom. The van der Waals surface area contributed by atoms with Crippen LogP contribution in [0.2, 0.25) is 0 Å². The van der Waals surface area contributed by atoms with Crippen LogP contribution in [0.5, 0.6) is 0 Å². The molecular weight excluding hydrogens is 246 g/mol. The summed E-state index contributed by atoms with van der Waals surface area (Å²) >= 11 is 0. The van der Waals surface area contributed by atoms with Crippen LogP contribution >= 0.6 is 0 Å². The van der Waals surface area contributed by atoms with Crippen LogP contribution < -0.4 is 5.32 Å². The van der Waals surface area contributed by atoms with Gasteiger partial charge in [0.2, 0.25) is 5.91 Å². The van der Waals surface area contributed by atoms with E-state index >= 15 is 0 Å². The highest BCUT2D eigenvalue weighted by atomic mass is 16.5. The van der Waals surface area contributed by atoms with Crippen molar-refractivity contribution in [1.29, 1.82) is 0 Å². The van der Waals surface area contributed by atoms with E-state index in [1.165, 1.54) is 0 Å². The lowest BCUT2D eigenvalue weighted by atomic mass is 10.2. The molecule has 0 aliphatic rings. The summed E-state index contributed by atoms with van der Waals surface area (Å²) in [5.41, 5.74) is 0.965. The minimum Gasteiger partial charge on any atom is -0.480 e. The number of amides is 1. The third-order valence-electron chi connectivity index (χ3n) is 2.73. The zero-order valence-electron chi connectivity index (χ0n) is 11.1. The third-order valence-corrected chi connectivity index (χ3v) is 2.73. The first kappa shape index (κ1) is 15.2. The van der Waals surface area contributed by atoms with Crippen molar-refractivity contribution >= 4 is 11.9 Å². The fraction of sp³-hybridized carbons (Fsp3) is 0.429. The van der Waals surface area contributed by atoms with E-state index in [9.17, 15) is 9.59 Å². The summed E-state index contributed by atoms with van der Waals surface area (Å²) in [6.07, 6.45) is -0.347. The Morgan fingerprint density at radius 3 is 2.47 bits per heavy atom. The van der Waals surface area contributed by atoms with Crippen molar-refractivity contribution in [1.82, 2.24) is 5.32 Å². The maximum Gasteiger partial charge on any atom is 0.326 e. The second-order valence-corrected chi connectivity index (χ2v) is 4.25. The van der Waals surface area contributed by atoms with Crippen LogP contribution in [0.1, 0.15) is 25.8 Å². The van der Waals surface area contributed by atoms with Crippen LogP contribution in [0.3, 0.4) is 0 Å². The van der Waals surface area contributed by atoms with Gasteiger partial charge in [-0.15, -0.1) is 0 Å². The van der Waals surface area contributed by atoms with E-state index in [4.69, 9.17) is 9.84 Å². The van der Waals surface area contributed by atoms with Gasteiger partial charge in [0, 0.05) is 0 Å². The molecule has 0 fully saturated rings. The average Bonchev–Trinajstić information content (AvgIpc) is 2.42. The van der Waals surface area contributed by atoms with Crippen LogP contribution in [-0.2, 0) is 20.9 Å². The zero-order valence-corrected chi connectivity index (χ0v) is 11.1. The van der Waals surface area contributed by atoms with E-state index in [0.29, 0.717) is 13.0 Å². The fourth-order valence-electron chi connectivity index (χ4n) is 1.50. The number of hydrogen-bond donors (Lipinski definition) is 2. The van der Waals surface area contributed by atoms with E-state index in [1.807, 2.05) is 30.3 Å². The van der Waals surface area contributed by atoms with Gasteiger partial charge in [0.25, 0.3) is 0 Å². The fourth-order valence-corrected chi connectivity index (χ4v) is 1.50. The highest BCUT2D eigenvalue weighted by Crippen LogP contribution is 2.04. The van der Waals surface area contributed by atoms with E-state index in [0.717, 1.165) is 5.56 Å². The zero-order chi connectivity index (χ0) is 14.3. The van der Waals surface area contributed by atoms with Crippen molar-refractivity contribution in [3.63, 3.8) is 0 Å². The van der Waals surface area contributed by atoms with E-state index in [1.54, 1.807) is 13.8 Å². The quantitative estimate of drug-likeness (QED) is 0.784. The molecule has 0 spiro atoms. The Hall–Kier alpha value is -1.88. The molecule has 0 aromatic heterocycles. The molecule has 1 rings (SSSR count). The second-order valence-electron chi connectivity index (χ2n) is 4.25. The molecule has 1 unspecified atom stereocenters. The molecule has 0 saturated carbocycles. The van der Waals surface area contributed by atoms with Crippen LogP contribution in [0, 0.1) is 0 Å². The van der Waals surface area contributed by atoms with Gasteiger partial charge >= 0.3 is 5.97 Å². The van der Waals surface area contributed by atoms with E-state index in [2.05, 4.69) is 5.32 Å². The molecule has 0 saturated heterocycles. The largest absolute Gasteiger partial charge is 0.480 e. The number of nitrogens with one attached hydrogen (secondary N) is 1. The molecule has 0 heterocycles. The maximum absolute atomic E-state index is 11.7. The lowest BCUT2D eigenvalue weighted by molar-refractivity contribution is -0.144. The van der Waals surface area contributed by atoms with Crippen LogP contribution in [0.15, 0.2) is 30.3 Å². The Kier molecular flexibility index (Phi) is 6.02. The lowest BCUT2D eigenvalue weighted by Gasteiger charge is -2.17. The molecule has 0 aliphatic heterocycles. The highest BCUT2D eigenvalue weighted by Gasteiger charge is 2.21. The molecule has 2 atom stereocenters. The average molecular weight is 265 g/mol. The van der Waals surface area contributed by atoms with Gasteiger partial charge in [-0.25, -0.2) is 4.79 Å². The predicted molar refractivity (Wildman–Crippen MR) is 70.6 cm³/mol. The first-order valence-electron chi connectivity index (χ1n) is 6.23. The normalized spacial score (nSPS) is 13.6. The third kappa shape index (κ3) is 5.09. The standard InChI is InChI=1S/C14H19NO4/c1-3-12(14(17)18)15-13(16)10(2)19-9-11-7-5-4-6-8-11/h4-8,10,12H,3,9H2,1-2H3,(H,15,16)(H,17,18)/t10?,12-/m0/s1.